The van der Waals surface area contributed by atoms with Crippen LogP contribution < -0.4 is 22.3 Å². The molecule has 2 heterocycles. The van der Waals surface area contributed by atoms with Crippen LogP contribution in [0.25, 0.3) is 33.5 Å². The molecule has 2 amide bonds. The lowest BCUT2D eigenvalue weighted by molar-refractivity contribution is -0.123. The third kappa shape index (κ3) is 4.64. The van der Waals surface area contributed by atoms with Crippen molar-refractivity contribution in [2.24, 2.45) is 11.1 Å². The SMILES string of the molecule is Cc1c(-c2ccc(C(N)=O)c3c2-c2ccc(NC(=O)C(C)(C)C)cc2C3)cccc1-n1c(=O)cc2c(Cl)cccn2c1=O. The number of nitrogens with one attached hydrogen (secondary N) is 1. The Labute approximate surface area is 252 Å². The number of pyridine rings is 1. The van der Waals surface area contributed by atoms with E-state index in [-0.39, 0.29) is 5.91 Å². The van der Waals surface area contributed by atoms with Gasteiger partial charge < -0.3 is 11.1 Å². The highest BCUT2D eigenvalue weighted by molar-refractivity contribution is 6.33. The van der Waals surface area contributed by atoms with Gasteiger partial charge in [-0.3, -0.25) is 18.8 Å². The van der Waals surface area contributed by atoms with E-state index >= 15 is 0 Å². The maximum atomic E-state index is 13.5. The van der Waals surface area contributed by atoms with E-state index in [1.165, 1.54) is 10.5 Å². The first-order chi connectivity index (χ1) is 20.4. The van der Waals surface area contributed by atoms with Crippen LogP contribution in [0.4, 0.5) is 5.69 Å². The van der Waals surface area contributed by atoms with Gasteiger partial charge >= 0.3 is 5.69 Å². The molecule has 0 aliphatic heterocycles. The van der Waals surface area contributed by atoms with Gasteiger partial charge in [-0.05, 0) is 88.7 Å². The summed E-state index contributed by atoms with van der Waals surface area (Å²) in [5.41, 5.74) is 11.9. The first kappa shape index (κ1) is 28.2. The van der Waals surface area contributed by atoms with Crippen LogP contribution in [0.2, 0.25) is 5.02 Å². The number of amides is 2. The van der Waals surface area contributed by atoms with Crippen LogP contribution in [-0.2, 0) is 11.2 Å². The summed E-state index contributed by atoms with van der Waals surface area (Å²) >= 11 is 6.26. The third-order valence-electron chi connectivity index (χ3n) is 7.96. The summed E-state index contributed by atoms with van der Waals surface area (Å²) in [5.74, 6) is -0.632. The average Bonchev–Trinajstić information content (AvgIpc) is 3.32. The van der Waals surface area contributed by atoms with Gasteiger partial charge in [-0.25, -0.2) is 9.36 Å². The summed E-state index contributed by atoms with van der Waals surface area (Å²) in [6, 6.07) is 19.4. The predicted octanol–water partition coefficient (Wildman–Crippen LogP) is 5.73. The van der Waals surface area contributed by atoms with Crippen molar-refractivity contribution in [3.05, 3.63) is 121 Å². The fraction of sp³-hybridized carbons (Fsp3) is 0.176. The minimum absolute atomic E-state index is 0.101. The molecule has 0 spiro atoms. The summed E-state index contributed by atoms with van der Waals surface area (Å²) in [7, 11) is 0. The van der Waals surface area contributed by atoms with E-state index in [4.69, 9.17) is 17.3 Å². The number of hydrogen-bond donors (Lipinski definition) is 2. The van der Waals surface area contributed by atoms with Crippen molar-refractivity contribution >= 4 is 34.6 Å². The summed E-state index contributed by atoms with van der Waals surface area (Å²) < 4.78 is 2.49. The van der Waals surface area contributed by atoms with Crippen LogP contribution in [-0.4, -0.2) is 20.8 Å². The zero-order valence-corrected chi connectivity index (χ0v) is 24.9. The lowest BCUT2D eigenvalue weighted by atomic mass is 9.89. The minimum atomic E-state index is -0.557. The second-order valence-electron chi connectivity index (χ2n) is 11.8. The predicted molar refractivity (Wildman–Crippen MR) is 169 cm³/mol. The average molecular weight is 593 g/mol. The first-order valence-corrected chi connectivity index (χ1v) is 14.2. The zero-order valence-electron chi connectivity index (χ0n) is 24.1. The molecular formula is C34H29ClN4O4. The zero-order chi connectivity index (χ0) is 30.8. The molecule has 0 radical (unpaired) electrons. The quantitative estimate of drug-likeness (QED) is 0.272. The maximum absolute atomic E-state index is 13.5. The second-order valence-corrected chi connectivity index (χ2v) is 12.2. The van der Waals surface area contributed by atoms with E-state index in [0.29, 0.717) is 39.5 Å². The van der Waals surface area contributed by atoms with Crippen LogP contribution in [0.15, 0.2) is 82.5 Å². The molecule has 2 aromatic heterocycles. The number of hydrogen-bond acceptors (Lipinski definition) is 4. The molecule has 216 valence electrons. The molecule has 3 aromatic carbocycles. The number of rotatable bonds is 4. The number of nitrogens with zero attached hydrogens (tertiary/aromatic N) is 2. The van der Waals surface area contributed by atoms with Gasteiger partial charge in [0.1, 0.15) is 0 Å². The number of halogens is 1. The molecule has 1 aliphatic rings. The molecule has 43 heavy (non-hydrogen) atoms. The van der Waals surface area contributed by atoms with Gasteiger partial charge in [0.05, 0.1) is 16.2 Å². The number of carbonyl (C=O) groups is 2. The maximum Gasteiger partial charge on any atom is 0.340 e. The minimum Gasteiger partial charge on any atom is -0.366 e. The van der Waals surface area contributed by atoms with Gasteiger partial charge in [-0.2, -0.15) is 0 Å². The number of fused-ring (bicyclic) bond motifs is 4. The van der Waals surface area contributed by atoms with Crippen molar-refractivity contribution in [2.45, 2.75) is 34.1 Å². The van der Waals surface area contributed by atoms with Crippen LogP contribution in [0.5, 0.6) is 0 Å². The molecule has 0 fully saturated rings. The van der Waals surface area contributed by atoms with Crippen LogP contribution in [0, 0.1) is 12.3 Å². The highest BCUT2D eigenvalue weighted by Crippen LogP contribution is 2.46. The summed E-state index contributed by atoms with van der Waals surface area (Å²) in [6.45, 7) is 7.41. The van der Waals surface area contributed by atoms with Gasteiger partial charge in [0, 0.05) is 28.9 Å². The Morgan fingerprint density at radius 1 is 0.930 bits per heavy atom. The fourth-order valence-electron chi connectivity index (χ4n) is 5.73. The molecule has 1 aliphatic carbocycles. The van der Waals surface area contributed by atoms with Crippen LogP contribution >= 0.6 is 11.6 Å². The molecule has 0 saturated carbocycles. The third-order valence-corrected chi connectivity index (χ3v) is 8.27. The Kier molecular flexibility index (Phi) is 6.62. The Balaban J connectivity index is 1.53. The number of benzene rings is 3. The van der Waals surface area contributed by atoms with Crippen molar-refractivity contribution in [1.82, 2.24) is 8.97 Å². The standard InChI is InChI=1S/C34H29ClN4O4/c1-18-21(7-5-9-27(18)39-29(40)17-28-26(35)8-6-14-38(28)33(39)43)23-12-13-24(31(36)41)25-16-19-15-20(10-11-22(19)30(23)25)37-32(42)34(2,3)4/h5-15,17H,16H2,1-4H3,(H2,36,41)(H,37,42). The van der Waals surface area contributed by atoms with Crippen molar-refractivity contribution in [3.63, 3.8) is 0 Å². The highest BCUT2D eigenvalue weighted by Gasteiger charge is 2.28. The van der Waals surface area contributed by atoms with Crippen molar-refractivity contribution < 1.29 is 9.59 Å². The monoisotopic (exact) mass is 592 g/mol. The molecule has 0 saturated heterocycles. The number of aromatic nitrogens is 2. The topological polar surface area (TPSA) is 116 Å². The fourth-order valence-corrected chi connectivity index (χ4v) is 5.95. The lowest BCUT2D eigenvalue weighted by Gasteiger charge is -2.19. The molecule has 9 heteroatoms. The van der Waals surface area contributed by atoms with E-state index < -0.39 is 22.6 Å². The van der Waals surface area contributed by atoms with Crippen molar-refractivity contribution in [1.29, 1.82) is 0 Å². The van der Waals surface area contributed by atoms with Gasteiger partial charge in [-0.1, -0.05) is 56.6 Å². The van der Waals surface area contributed by atoms with E-state index in [0.717, 1.165) is 37.9 Å². The van der Waals surface area contributed by atoms with Gasteiger partial charge in [0.25, 0.3) is 5.56 Å². The Bertz CT molecular complexity index is 2140. The summed E-state index contributed by atoms with van der Waals surface area (Å²) in [4.78, 5) is 51.9. The number of primary amides is 1. The molecule has 5 aromatic rings. The van der Waals surface area contributed by atoms with Crippen molar-refractivity contribution in [2.75, 3.05) is 5.32 Å². The Morgan fingerprint density at radius 2 is 1.67 bits per heavy atom. The van der Waals surface area contributed by atoms with E-state index in [1.807, 2.05) is 58.0 Å². The summed E-state index contributed by atoms with van der Waals surface area (Å²) in [5, 5.41) is 3.29. The van der Waals surface area contributed by atoms with Gasteiger partial charge in [0.2, 0.25) is 11.8 Å². The second kappa shape index (κ2) is 10.1. The summed E-state index contributed by atoms with van der Waals surface area (Å²) in [6.07, 6.45) is 2.03. The number of anilines is 1. The van der Waals surface area contributed by atoms with E-state index in [2.05, 4.69) is 5.32 Å². The molecule has 0 unspecified atom stereocenters. The smallest absolute Gasteiger partial charge is 0.340 e. The Morgan fingerprint density at radius 3 is 2.40 bits per heavy atom. The largest absolute Gasteiger partial charge is 0.366 e. The van der Waals surface area contributed by atoms with E-state index in [1.54, 1.807) is 36.5 Å². The number of carbonyl (C=O) groups excluding carboxylic acids is 2. The molecular weight excluding hydrogens is 564 g/mol. The van der Waals surface area contributed by atoms with Crippen LogP contribution in [0.1, 0.15) is 47.8 Å². The first-order valence-electron chi connectivity index (χ1n) is 13.8. The molecule has 0 bridgehead atoms. The highest BCUT2D eigenvalue weighted by atomic mass is 35.5. The van der Waals surface area contributed by atoms with E-state index in [9.17, 15) is 19.2 Å². The normalized spacial score (nSPS) is 12.2. The number of nitrogens with two attached hydrogens (primary N) is 1. The van der Waals surface area contributed by atoms with Crippen molar-refractivity contribution in [3.8, 4) is 27.9 Å². The lowest BCUT2D eigenvalue weighted by Crippen LogP contribution is -2.36. The van der Waals surface area contributed by atoms with Gasteiger partial charge in [0.15, 0.2) is 0 Å². The molecule has 0 atom stereocenters. The molecule has 3 N–H and O–H groups in total. The van der Waals surface area contributed by atoms with Gasteiger partial charge in [-0.15, -0.1) is 0 Å². The molecule has 8 nitrogen and oxygen atoms in total. The Hall–Kier alpha value is -4.95. The van der Waals surface area contributed by atoms with Crippen LogP contribution in [0.3, 0.4) is 0 Å². The molecule has 6 rings (SSSR count).